The Balaban J connectivity index is 2.85. The van der Waals surface area contributed by atoms with E-state index in [1.165, 1.54) is 0 Å². The van der Waals surface area contributed by atoms with Gasteiger partial charge < -0.3 is 10.1 Å². The van der Waals surface area contributed by atoms with E-state index in [9.17, 15) is 14.4 Å². The maximum absolute atomic E-state index is 12.0. The molecule has 3 amide bonds. The van der Waals surface area contributed by atoms with Crippen molar-refractivity contribution in [2.45, 2.75) is 26.4 Å². The Hall–Kier alpha value is -2.37. The Kier molecular flexibility index (Phi) is 6.22. The van der Waals surface area contributed by atoms with Crippen molar-refractivity contribution in [1.82, 2.24) is 10.6 Å². The standard InChI is InChI=1S/C14H18N2O4/c1-3-11(17)20-12(10-8-6-5-7-9-10)13(18)16-14(19)15-4-2/h5-9,12H,3-4H2,1-2H3,(H2,15,16,18,19)/t12-/m1/s1. The van der Waals surface area contributed by atoms with Gasteiger partial charge >= 0.3 is 12.0 Å². The number of hydrogen-bond donors (Lipinski definition) is 2. The summed E-state index contributed by atoms with van der Waals surface area (Å²) in [6, 6.07) is 7.92. The lowest BCUT2D eigenvalue weighted by atomic mass is 10.1. The zero-order chi connectivity index (χ0) is 15.0. The summed E-state index contributed by atoms with van der Waals surface area (Å²) in [6.45, 7) is 3.76. The van der Waals surface area contributed by atoms with Crippen molar-refractivity contribution in [1.29, 1.82) is 0 Å². The number of ether oxygens (including phenoxy) is 1. The second-order valence-corrected chi connectivity index (χ2v) is 3.98. The zero-order valence-corrected chi connectivity index (χ0v) is 11.5. The van der Waals surface area contributed by atoms with Crippen LogP contribution in [0.1, 0.15) is 31.9 Å². The summed E-state index contributed by atoms with van der Waals surface area (Å²) >= 11 is 0. The number of urea groups is 1. The molecule has 108 valence electrons. The van der Waals surface area contributed by atoms with E-state index in [-0.39, 0.29) is 6.42 Å². The highest BCUT2D eigenvalue weighted by atomic mass is 16.5. The van der Waals surface area contributed by atoms with E-state index in [0.29, 0.717) is 12.1 Å². The molecule has 1 atom stereocenters. The fraction of sp³-hybridized carbons (Fsp3) is 0.357. The number of rotatable bonds is 5. The van der Waals surface area contributed by atoms with Crippen molar-refractivity contribution in [3.8, 4) is 0 Å². The van der Waals surface area contributed by atoms with Crippen molar-refractivity contribution >= 4 is 17.9 Å². The number of benzene rings is 1. The number of carbonyl (C=O) groups excluding carboxylic acids is 3. The fourth-order valence-electron chi connectivity index (χ4n) is 1.50. The molecule has 0 saturated heterocycles. The van der Waals surface area contributed by atoms with Crippen molar-refractivity contribution in [3.05, 3.63) is 35.9 Å². The van der Waals surface area contributed by atoms with E-state index in [0.717, 1.165) is 0 Å². The van der Waals surface area contributed by atoms with Crippen molar-refractivity contribution < 1.29 is 19.1 Å². The van der Waals surface area contributed by atoms with Gasteiger partial charge in [0, 0.05) is 18.5 Å². The molecule has 0 fully saturated rings. The van der Waals surface area contributed by atoms with Crippen molar-refractivity contribution in [2.24, 2.45) is 0 Å². The molecule has 20 heavy (non-hydrogen) atoms. The van der Waals surface area contributed by atoms with Crippen LogP contribution in [0.4, 0.5) is 4.79 Å². The van der Waals surface area contributed by atoms with Gasteiger partial charge in [-0.1, -0.05) is 37.3 Å². The van der Waals surface area contributed by atoms with Crippen LogP contribution in [-0.2, 0) is 14.3 Å². The highest BCUT2D eigenvalue weighted by molar-refractivity contribution is 5.97. The van der Waals surface area contributed by atoms with E-state index in [1.54, 1.807) is 44.2 Å². The molecule has 2 N–H and O–H groups in total. The SMILES string of the molecule is CCNC(=O)NC(=O)[C@H](OC(=O)CC)c1ccccc1. The molecule has 6 heteroatoms. The Labute approximate surface area is 117 Å². The normalized spacial score (nSPS) is 11.3. The minimum atomic E-state index is -1.13. The van der Waals surface area contributed by atoms with Gasteiger partial charge in [0.2, 0.25) is 6.10 Å². The Morgan fingerprint density at radius 2 is 1.80 bits per heavy atom. The van der Waals surface area contributed by atoms with E-state index in [4.69, 9.17) is 4.74 Å². The van der Waals surface area contributed by atoms with Crippen LogP contribution < -0.4 is 10.6 Å². The number of esters is 1. The van der Waals surface area contributed by atoms with Gasteiger partial charge in [0.1, 0.15) is 0 Å². The minimum Gasteiger partial charge on any atom is -0.447 e. The number of carbonyl (C=O) groups is 3. The lowest BCUT2D eigenvalue weighted by molar-refractivity contribution is -0.155. The van der Waals surface area contributed by atoms with Gasteiger partial charge in [-0.25, -0.2) is 4.79 Å². The average molecular weight is 278 g/mol. The van der Waals surface area contributed by atoms with Crippen LogP contribution in [0.3, 0.4) is 0 Å². The van der Waals surface area contributed by atoms with Crippen LogP contribution in [0.2, 0.25) is 0 Å². The molecule has 0 saturated carbocycles. The third-order valence-corrected chi connectivity index (χ3v) is 2.45. The number of imide groups is 1. The van der Waals surface area contributed by atoms with Gasteiger partial charge in [-0.3, -0.25) is 14.9 Å². The molecule has 0 spiro atoms. The van der Waals surface area contributed by atoms with Crippen LogP contribution in [-0.4, -0.2) is 24.5 Å². The Bertz CT molecular complexity index is 473. The summed E-state index contributed by atoms with van der Waals surface area (Å²) in [7, 11) is 0. The molecule has 1 aromatic rings. The molecular formula is C14H18N2O4. The van der Waals surface area contributed by atoms with Crippen LogP contribution >= 0.6 is 0 Å². The fourth-order valence-corrected chi connectivity index (χ4v) is 1.50. The third kappa shape index (κ3) is 4.72. The highest BCUT2D eigenvalue weighted by Crippen LogP contribution is 2.18. The lowest BCUT2D eigenvalue weighted by Gasteiger charge is -2.17. The Morgan fingerprint density at radius 3 is 2.35 bits per heavy atom. The predicted molar refractivity (Wildman–Crippen MR) is 72.8 cm³/mol. The van der Waals surface area contributed by atoms with Crippen LogP contribution in [0.5, 0.6) is 0 Å². The van der Waals surface area contributed by atoms with Crippen molar-refractivity contribution in [3.63, 3.8) is 0 Å². The first-order valence-corrected chi connectivity index (χ1v) is 6.41. The topological polar surface area (TPSA) is 84.5 Å². The molecule has 0 aliphatic rings. The molecule has 0 aliphatic carbocycles. The third-order valence-electron chi connectivity index (χ3n) is 2.45. The number of hydrogen-bond acceptors (Lipinski definition) is 4. The number of amides is 3. The first kappa shape index (κ1) is 15.7. The molecule has 0 unspecified atom stereocenters. The first-order valence-electron chi connectivity index (χ1n) is 6.41. The molecule has 0 bridgehead atoms. The van der Waals surface area contributed by atoms with E-state index in [1.807, 2.05) is 0 Å². The second kappa shape index (κ2) is 7.93. The minimum absolute atomic E-state index is 0.151. The van der Waals surface area contributed by atoms with Crippen LogP contribution in [0.15, 0.2) is 30.3 Å². The van der Waals surface area contributed by atoms with Gasteiger partial charge in [-0.05, 0) is 6.92 Å². The first-order chi connectivity index (χ1) is 9.58. The smallest absolute Gasteiger partial charge is 0.321 e. The van der Waals surface area contributed by atoms with Gasteiger partial charge in [0.15, 0.2) is 0 Å². The van der Waals surface area contributed by atoms with Gasteiger partial charge in [-0.2, -0.15) is 0 Å². The Morgan fingerprint density at radius 1 is 1.15 bits per heavy atom. The van der Waals surface area contributed by atoms with Gasteiger partial charge in [-0.15, -0.1) is 0 Å². The van der Waals surface area contributed by atoms with Gasteiger partial charge in [0.05, 0.1) is 0 Å². The molecule has 1 aromatic carbocycles. The summed E-state index contributed by atoms with van der Waals surface area (Å²) in [5, 5.41) is 4.58. The molecule has 0 radical (unpaired) electrons. The zero-order valence-electron chi connectivity index (χ0n) is 11.5. The van der Waals surface area contributed by atoms with Gasteiger partial charge in [0.25, 0.3) is 5.91 Å². The second-order valence-electron chi connectivity index (χ2n) is 3.98. The highest BCUT2D eigenvalue weighted by Gasteiger charge is 2.25. The summed E-state index contributed by atoms with van der Waals surface area (Å²) in [4.78, 5) is 34.8. The lowest BCUT2D eigenvalue weighted by Crippen LogP contribution is -2.42. The van der Waals surface area contributed by atoms with E-state index in [2.05, 4.69) is 10.6 Å². The maximum Gasteiger partial charge on any atom is 0.321 e. The predicted octanol–water partition coefficient (Wildman–Crippen LogP) is 1.53. The van der Waals surface area contributed by atoms with E-state index >= 15 is 0 Å². The van der Waals surface area contributed by atoms with Crippen LogP contribution in [0, 0.1) is 0 Å². The monoisotopic (exact) mass is 278 g/mol. The number of nitrogens with one attached hydrogen (secondary N) is 2. The molecule has 0 heterocycles. The molecule has 0 aliphatic heterocycles. The summed E-state index contributed by atoms with van der Waals surface area (Å²) < 4.78 is 5.10. The van der Waals surface area contributed by atoms with Crippen LogP contribution in [0.25, 0.3) is 0 Å². The molecule has 1 rings (SSSR count). The summed E-state index contributed by atoms with van der Waals surface area (Å²) in [5.41, 5.74) is 0.510. The summed E-state index contributed by atoms with van der Waals surface area (Å²) in [5.74, 6) is -1.19. The average Bonchev–Trinajstić information content (AvgIpc) is 2.45. The van der Waals surface area contributed by atoms with Crippen molar-refractivity contribution in [2.75, 3.05) is 6.54 Å². The van der Waals surface area contributed by atoms with E-state index < -0.39 is 24.0 Å². The maximum atomic E-state index is 12.0. The summed E-state index contributed by atoms with van der Waals surface area (Å²) in [6.07, 6.45) is -0.983. The quantitative estimate of drug-likeness (QED) is 0.800. The molecular weight excluding hydrogens is 260 g/mol. The molecule has 0 aromatic heterocycles. The molecule has 6 nitrogen and oxygen atoms in total. The largest absolute Gasteiger partial charge is 0.447 e.